The van der Waals surface area contributed by atoms with Crippen molar-refractivity contribution in [2.45, 2.75) is 19.6 Å². The van der Waals surface area contributed by atoms with E-state index in [-0.39, 0.29) is 0 Å². The third kappa shape index (κ3) is 2.46. The van der Waals surface area contributed by atoms with Crippen LogP contribution in [0.4, 0.5) is 5.69 Å². The summed E-state index contributed by atoms with van der Waals surface area (Å²) in [6.07, 6.45) is 3.34. The number of nitrogens with zero attached hydrogens (tertiary/aromatic N) is 3. The molecule has 1 aliphatic rings. The Morgan fingerprint density at radius 1 is 1.33 bits per heavy atom. The minimum atomic E-state index is -0.654. The normalized spacial score (nSPS) is 16.7. The number of primary amides is 1. The molecule has 1 aliphatic heterocycles. The maximum Gasteiger partial charge on any atom is 0.260 e. The van der Waals surface area contributed by atoms with Crippen LogP contribution in [0.15, 0.2) is 48.8 Å². The number of benzene rings is 1. The number of aryl methyl sites for hydroxylation is 1. The van der Waals surface area contributed by atoms with E-state index < -0.39 is 12.0 Å². The van der Waals surface area contributed by atoms with Crippen LogP contribution < -0.4 is 15.4 Å². The summed E-state index contributed by atoms with van der Waals surface area (Å²) in [4.78, 5) is 18.4. The van der Waals surface area contributed by atoms with Gasteiger partial charge in [-0.25, -0.2) is 4.98 Å². The number of pyridine rings is 1. The van der Waals surface area contributed by atoms with Crippen molar-refractivity contribution in [3.63, 3.8) is 0 Å². The number of aromatic nitrogens is 2. The van der Waals surface area contributed by atoms with E-state index >= 15 is 0 Å². The standard InChI is InChI=1S/C18H18N4O2/c1-12-5-4-8-21-9-13(20-18(12)21)10-22-11-16(17(19)23)24-15-7-3-2-6-14(15)22/h2-9,16H,10-11H2,1H3,(H2,19,23)/t16-/m0/s1. The number of hydrogen-bond donors (Lipinski definition) is 1. The molecule has 0 saturated carbocycles. The van der Waals surface area contributed by atoms with Gasteiger partial charge in [-0.2, -0.15) is 0 Å². The number of ether oxygens (including phenoxy) is 1. The molecule has 3 aromatic rings. The zero-order chi connectivity index (χ0) is 16.7. The molecular weight excluding hydrogens is 304 g/mol. The molecule has 2 N–H and O–H groups in total. The highest BCUT2D eigenvalue weighted by Crippen LogP contribution is 2.33. The molecular formula is C18H18N4O2. The number of para-hydroxylation sites is 2. The lowest BCUT2D eigenvalue weighted by Gasteiger charge is -2.34. The molecule has 0 radical (unpaired) electrons. The Morgan fingerprint density at radius 2 is 2.17 bits per heavy atom. The minimum Gasteiger partial charge on any atom is -0.477 e. The summed E-state index contributed by atoms with van der Waals surface area (Å²) in [5.74, 6) is 0.216. The first-order valence-electron chi connectivity index (χ1n) is 7.85. The van der Waals surface area contributed by atoms with Crippen LogP contribution in [-0.4, -0.2) is 27.9 Å². The maximum absolute atomic E-state index is 11.6. The van der Waals surface area contributed by atoms with Gasteiger partial charge in [0.05, 0.1) is 24.5 Å². The number of nitrogens with two attached hydrogens (primary N) is 1. The second-order valence-electron chi connectivity index (χ2n) is 6.01. The van der Waals surface area contributed by atoms with Gasteiger partial charge in [0.1, 0.15) is 11.4 Å². The van der Waals surface area contributed by atoms with Crippen molar-refractivity contribution in [3.8, 4) is 5.75 Å². The van der Waals surface area contributed by atoms with Gasteiger partial charge in [0.15, 0.2) is 6.10 Å². The van der Waals surface area contributed by atoms with Gasteiger partial charge in [0, 0.05) is 12.4 Å². The Hall–Kier alpha value is -3.02. The van der Waals surface area contributed by atoms with Gasteiger partial charge in [-0.15, -0.1) is 0 Å². The molecule has 0 unspecified atom stereocenters. The van der Waals surface area contributed by atoms with E-state index in [0.717, 1.165) is 22.6 Å². The topological polar surface area (TPSA) is 72.9 Å². The van der Waals surface area contributed by atoms with E-state index in [9.17, 15) is 4.79 Å². The number of hydrogen-bond acceptors (Lipinski definition) is 4. The van der Waals surface area contributed by atoms with Crippen LogP contribution in [0.2, 0.25) is 0 Å². The van der Waals surface area contributed by atoms with E-state index in [4.69, 9.17) is 15.5 Å². The van der Waals surface area contributed by atoms with E-state index in [1.807, 2.05) is 60.1 Å². The molecule has 0 bridgehead atoms. The molecule has 2 aromatic heterocycles. The third-order valence-corrected chi connectivity index (χ3v) is 4.26. The zero-order valence-electron chi connectivity index (χ0n) is 13.3. The van der Waals surface area contributed by atoms with Crippen LogP contribution >= 0.6 is 0 Å². The molecule has 0 saturated heterocycles. The summed E-state index contributed by atoms with van der Waals surface area (Å²) in [6, 6.07) is 11.7. The van der Waals surface area contributed by atoms with Gasteiger partial charge in [0.2, 0.25) is 0 Å². The van der Waals surface area contributed by atoms with Gasteiger partial charge in [-0.05, 0) is 30.7 Å². The predicted octanol–water partition coefficient (Wildman–Crippen LogP) is 1.90. The fourth-order valence-electron chi connectivity index (χ4n) is 3.08. The summed E-state index contributed by atoms with van der Waals surface area (Å²) in [7, 11) is 0. The van der Waals surface area contributed by atoms with E-state index in [2.05, 4.69) is 4.90 Å². The van der Waals surface area contributed by atoms with E-state index in [0.29, 0.717) is 18.8 Å². The molecule has 3 heterocycles. The van der Waals surface area contributed by atoms with Crippen molar-refractivity contribution in [1.29, 1.82) is 0 Å². The number of fused-ring (bicyclic) bond motifs is 2. The first-order chi connectivity index (χ1) is 11.6. The van der Waals surface area contributed by atoms with Crippen LogP contribution in [-0.2, 0) is 11.3 Å². The maximum atomic E-state index is 11.6. The van der Waals surface area contributed by atoms with E-state index in [1.165, 1.54) is 0 Å². The molecule has 0 fully saturated rings. The zero-order valence-corrected chi connectivity index (χ0v) is 13.3. The highest BCUT2D eigenvalue weighted by atomic mass is 16.5. The third-order valence-electron chi connectivity index (χ3n) is 4.26. The summed E-state index contributed by atoms with van der Waals surface area (Å²) >= 11 is 0. The van der Waals surface area contributed by atoms with Crippen molar-refractivity contribution in [2.24, 2.45) is 5.73 Å². The molecule has 1 amide bonds. The monoisotopic (exact) mass is 322 g/mol. The molecule has 6 nitrogen and oxygen atoms in total. The van der Waals surface area contributed by atoms with Crippen molar-refractivity contribution >= 4 is 17.2 Å². The van der Waals surface area contributed by atoms with Crippen molar-refractivity contribution in [1.82, 2.24) is 9.38 Å². The van der Waals surface area contributed by atoms with Crippen molar-refractivity contribution < 1.29 is 9.53 Å². The highest BCUT2D eigenvalue weighted by molar-refractivity contribution is 5.81. The summed E-state index contributed by atoms with van der Waals surface area (Å²) < 4.78 is 7.71. The van der Waals surface area contributed by atoms with Gasteiger partial charge in [-0.3, -0.25) is 4.79 Å². The number of carbonyl (C=O) groups excluding carboxylic acids is 1. The molecule has 1 atom stereocenters. The Kier molecular flexibility index (Phi) is 3.37. The number of rotatable bonds is 3. The Labute approximate surface area is 139 Å². The molecule has 1 aromatic carbocycles. The Bertz CT molecular complexity index is 918. The molecule has 0 spiro atoms. The fraction of sp³-hybridized carbons (Fsp3) is 0.222. The van der Waals surface area contributed by atoms with Gasteiger partial charge in [-0.1, -0.05) is 18.2 Å². The van der Waals surface area contributed by atoms with Crippen LogP contribution in [0.5, 0.6) is 5.75 Å². The average molecular weight is 322 g/mol. The Morgan fingerprint density at radius 3 is 2.96 bits per heavy atom. The molecule has 24 heavy (non-hydrogen) atoms. The van der Waals surface area contributed by atoms with Gasteiger partial charge >= 0.3 is 0 Å². The first-order valence-corrected chi connectivity index (χ1v) is 7.85. The van der Waals surface area contributed by atoms with Crippen molar-refractivity contribution in [2.75, 3.05) is 11.4 Å². The second-order valence-corrected chi connectivity index (χ2v) is 6.01. The quantitative estimate of drug-likeness (QED) is 0.799. The van der Waals surface area contributed by atoms with Crippen LogP contribution in [0.3, 0.4) is 0 Å². The lowest BCUT2D eigenvalue weighted by atomic mass is 10.1. The summed E-state index contributed by atoms with van der Waals surface area (Å²) in [5, 5.41) is 0. The summed E-state index contributed by atoms with van der Waals surface area (Å²) in [6.45, 7) is 3.05. The van der Waals surface area contributed by atoms with Gasteiger partial charge in [0.25, 0.3) is 5.91 Å². The summed E-state index contributed by atoms with van der Waals surface area (Å²) in [5.41, 5.74) is 9.40. The SMILES string of the molecule is Cc1cccn2cc(CN3C[C@@H](C(N)=O)Oc4ccccc43)nc12. The average Bonchev–Trinajstić information content (AvgIpc) is 2.98. The highest BCUT2D eigenvalue weighted by Gasteiger charge is 2.29. The van der Waals surface area contributed by atoms with Crippen LogP contribution in [0, 0.1) is 6.92 Å². The fourth-order valence-corrected chi connectivity index (χ4v) is 3.08. The predicted molar refractivity (Wildman–Crippen MR) is 91.0 cm³/mol. The van der Waals surface area contributed by atoms with Crippen molar-refractivity contribution in [3.05, 3.63) is 60.0 Å². The minimum absolute atomic E-state index is 0.416. The first kappa shape index (κ1) is 14.6. The largest absolute Gasteiger partial charge is 0.477 e. The molecule has 0 aliphatic carbocycles. The number of imidazole rings is 1. The van der Waals surface area contributed by atoms with E-state index in [1.54, 1.807) is 0 Å². The van der Waals surface area contributed by atoms with Crippen LogP contribution in [0.1, 0.15) is 11.3 Å². The van der Waals surface area contributed by atoms with Gasteiger partial charge < -0.3 is 19.8 Å². The number of anilines is 1. The lowest BCUT2D eigenvalue weighted by Crippen LogP contribution is -2.47. The molecule has 122 valence electrons. The molecule has 4 rings (SSSR count). The second kappa shape index (κ2) is 5.56. The lowest BCUT2D eigenvalue weighted by molar-refractivity contribution is -0.124. The van der Waals surface area contributed by atoms with Crippen LogP contribution in [0.25, 0.3) is 5.65 Å². The number of amides is 1. The Balaban J connectivity index is 1.69. The smallest absolute Gasteiger partial charge is 0.260 e. The number of carbonyl (C=O) groups is 1. The molecule has 6 heteroatoms.